The lowest BCUT2D eigenvalue weighted by Crippen LogP contribution is -2.45. The van der Waals surface area contributed by atoms with Crippen molar-refractivity contribution in [3.63, 3.8) is 0 Å². The minimum Gasteiger partial charge on any atom is -0.479 e. The third kappa shape index (κ3) is 3.08. The molecule has 114 valence electrons. The molecular formula is C14H21N5O2. The number of nitrogens with zero attached hydrogens (tertiary/aromatic N) is 3. The van der Waals surface area contributed by atoms with E-state index in [0.29, 0.717) is 22.9 Å². The molecule has 1 aliphatic rings. The van der Waals surface area contributed by atoms with E-state index in [1.54, 1.807) is 6.07 Å². The van der Waals surface area contributed by atoms with Crippen molar-refractivity contribution >= 4 is 23.0 Å². The Morgan fingerprint density at radius 2 is 2.00 bits per heavy atom. The van der Waals surface area contributed by atoms with Gasteiger partial charge in [0.05, 0.1) is 12.8 Å². The van der Waals surface area contributed by atoms with E-state index in [1.165, 1.54) is 7.11 Å². The normalized spacial score (nSPS) is 15.8. The first-order valence-corrected chi connectivity index (χ1v) is 6.71. The van der Waals surface area contributed by atoms with Crippen LogP contribution in [-0.4, -0.2) is 56.1 Å². The number of primary amides is 1. The Morgan fingerprint density at radius 1 is 1.38 bits per heavy atom. The van der Waals surface area contributed by atoms with E-state index in [0.717, 1.165) is 26.2 Å². The van der Waals surface area contributed by atoms with Crippen LogP contribution in [0.3, 0.4) is 0 Å². The molecule has 21 heavy (non-hydrogen) atoms. The van der Waals surface area contributed by atoms with Gasteiger partial charge in [0.1, 0.15) is 5.82 Å². The van der Waals surface area contributed by atoms with E-state index >= 15 is 0 Å². The molecule has 7 heteroatoms. The van der Waals surface area contributed by atoms with Crippen LogP contribution in [0.5, 0.6) is 5.88 Å². The molecule has 0 aromatic carbocycles. The zero-order valence-corrected chi connectivity index (χ0v) is 12.4. The van der Waals surface area contributed by atoms with Crippen molar-refractivity contribution in [1.29, 1.82) is 0 Å². The lowest BCUT2D eigenvalue weighted by Gasteiger charge is -2.34. The van der Waals surface area contributed by atoms with Gasteiger partial charge >= 0.3 is 0 Å². The largest absolute Gasteiger partial charge is 0.479 e. The van der Waals surface area contributed by atoms with Crippen molar-refractivity contribution in [1.82, 2.24) is 9.88 Å². The molecule has 0 unspecified atom stereocenters. The van der Waals surface area contributed by atoms with Crippen molar-refractivity contribution in [2.75, 3.05) is 51.0 Å². The van der Waals surface area contributed by atoms with Crippen LogP contribution in [0.2, 0.25) is 0 Å². The van der Waals surface area contributed by atoms with Gasteiger partial charge in [-0.1, -0.05) is 6.58 Å². The van der Waals surface area contributed by atoms with Gasteiger partial charge in [0.15, 0.2) is 0 Å². The molecule has 1 aromatic heterocycles. The van der Waals surface area contributed by atoms with Gasteiger partial charge in [-0.2, -0.15) is 4.98 Å². The number of rotatable bonds is 4. The first kappa shape index (κ1) is 15.1. The van der Waals surface area contributed by atoms with Crippen LogP contribution in [0.15, 0.2) is 12.6 Å². The van der Waals surface area contributed by atoms with Gasteiger partial charge in [0.25, 0.3) is 0 Å². The maximum Gasteiger partial charge on any atom is 0.248 e. The smallest absolute Gasteiger partial charge is 0.248 e. The average Bonchev–Trinajstić information content (AvgIpc) is 2.47. The van der Waals surface area contributed by atoms with Crippen LogP contribution < -0.4 is 21.1 Å². The van der Waals surface area contributed by atoms with Crippen LogP contribution >= 0.6 is 0 Å². The number of hydrogen-bond acceptors (Lipinski definition) is 6. The summed E-state index contributed by atoms with van der Waals surface area (Å²) in [6, 6.07) is 1.65. The summed E-state index contributed by atoms with van der Waals surface area (Å²) in [5, 5.41) is 0. The number of ether oxygens (including phenoxy) is 1. The van der Waals surface area contributed by atoms with Gasteiger partial charge in [-0.3, -0.25) is 4.79 Å². The van der Waals surface area contributed by atoms with E-state index < -0.39 is 5.91 Å². The highest BCUT2D eigenvalue weighted by atomic mass is 16.5. The monoisotopic (exact) mass is 291 g/mol. The van der Waals surface area contributed by atoms with Crippen molar-refractivity contribution < 1.29 is 9.53 Å². The summed E-state index contributed by atoms with van der Waals surface area (Å²) in [4.78, 5) is 20.2. The maximum atomic E-state index is 11.4. The molecule has 2 rings (SSSR count). The molecule has 2 heterocycles. The number of amides is 1. The predicted octanol–water partition coefficient (Wildman–Crippen LogP) is -0.0773. The zero-order valence-electron chi connectivity index (χ0n) is 12.4. The molecule has 1 amide bonds. The van der Waals surface area contributed by atoms with Crippen molar-refractivity contribution in [2.45, 2.75) is 0 Å². The molecule has 0 spiro atoms. The highest BCUT2D eigenvalue weighted by Gasteiger charge is 2.23. The molecule has 0 saturated carbocycles. The van der Waals surface area contributed by atoms with Gasteiger partial charge in [-0.25, -0.2) is 0 Å². The lowest BCUT2D eigenvalue weighted by molar-refractivity contribution is -0.112. The maximum absolute atomic E-state index is 11.4. The minimum atomic E-state index is -0.586. The highest BCUT2D eigenvalue weighted by Crippen LogP contribution is 2.32. The van der Waals surface area contributed by atoms with E-state index in [4.69, 9.17) is 16.2 Å². The summed E-state index contributed by atoms with van der Waals surface area (Å²) in [5.74, 6) is 0.389. The molecule has 1 aliphatic heterocycles. The van der Waals surface area contributed by atoms with E-state index in [-0.39, 0.29) is 5.57 Å². The number of aromatic nitrogens is 1. The third-order valence-electron chi connectivity index (χ3n) is 3.61. The number of nitrogens with two attached hydrogens (primary N) is 2. The molecule has 7 nitrogen and oxygen atoms in total. The number of methoxy groups -OCH3 is 1. The summed E-state index contributed by atoms with van der Waals surface area (Å²) < 4.78 is 5.17. The Balaban J connectivity index is 2.45. The topological polar surface area (TPSA) is 97.7 Å². The number of piperazine rings is 1. The number of pyridine rings is 1. The third-order valence-corrected chi connectivity index (χ3v) is 3.61. The molecule has 0 radical (unpaired) electrons. The van der Waals surface area contributed by atoms with E-state index in [9.17, 15) is 4.79 Å². The predicted molar refractivity (Wildman–Crippen MR) is 83.1 cm³/mol. The fraction of sp³-hybridized carbons (Fsp3) is 0.429. The van der Waals surface area contributed by atoms with Gasteiger partial charge in [0, 0.05) is 37.3 Å². The molecule has 0 bridgehead atoms. The number of hydrogen-bond donors (Lipinski definition) is 2. The standard InChI is InChI=1S/C14H21N5O2/c1-9(12(16)20)10-8-11(15)14(21-3)17-13(10)19-6-4-18(2)5-7-19/h8H,1,4-7,15H2,2-3H3,(H2,16,20). The second-order valence-corrected chi connectivity index (χ2v) is 5.09. The Labute approximate surface area is 124 Å². The Morgan fingerprint density at radius 3 is 2.52 bits per heavy atom. The Hall–Kier alpha value is -2.28. The SMILES string of the molecule is C=C(C(N)=O)c1cc(N)c(OC)nc1N1CCN(C)CC1. The molecule has 1 fully saturated rings. The Bertz CT molecular complexity index is 565. The second kappa shape index (κ2) is 6.01. The van der Waals surface area contributed by atoms with Gasteiger partial charge in [-0.15, -0.1) is 0 Å². The molecule has 1 saturated heterocycles. The average molecular weight is 291 g/mol. The zero-order chi connectivity index (χ0) is 15.6. The minimum absolute atomic E-state index is 0.200. The number of likely N-dealkylation sites (N-methyl/N-ethyl adjacent to an activating group) is 1. The van der Waals surface area contributed by atoms with Gasteiger partial charge in [-0.05, 0) is 13.1 Å². The van der Waals surface area contributed by atoms with Crippen molar-refractivity contribution in [3.8, 4) is 5.88 Å². The molecule has 0 atom stereocenters. The van der Waals surface area contributed by atoms with Crippen LogP contribution in [-0.2, 0) is 4.79 Å². The lowest BCUT2D eigenvalue weighted by atomic mass is 10.1. The van der Waals surface area contributed by atoms with E-state index in [2.05, 4.69) is 28.4 Å². The van der Waals surface area contributed by atoms with Crippen LogP contribution in [0, 0.1) is 0 Å². The first-order valence-electron chi connectivity index (χ1n) is 6.71. The number of carbonyl (C=O) groups is 1. The molecule has 1 aromatic rings. The summed E-state index contributed by atoms with van der Waals surface area (Å²) in [6.07, 6.45) is 0. The van der Waals surface area contributed by atoms with Gasteiger partial charge < -0.3 is 26.0 Å². The summed E-state index contributed by atoms with van der Waals surface area (Å²) >= 11 is 0. The van der Waals surface area contributed by atoms with Crippen molar-refractivity contribution in [3.05, 3.63) is 18.2 Å². The highest BCUT2D eigenvalue weighted by molar-refractivity contribution is 6.19. The van der Waals surface area contributed by atoms with Crippen LogP contribution in [0.4, 0.5) is 11.5 Å². The number of anilines is 2. The van der Waals surface area contributed by atoms with E-state index in [1.807, 2.05) is 0 Å². The fourth-order valence-corrected chi connectivity index (χ4v) is 2.28. The number of nitrogen functional groups attached to an aromatic ring is 1. The fourth-order valence-electron chi connectivity index (χ4n) is 2.28. The van der Waals surface area contributed by atoms with Gasteiger partial charge in [0.2, 0.25) is 11.8 Å². The first-order chi connectivity index (χ1) is 9.93. The van der Waals surface area contributed by atoms with Crippen molar-refractivity contribution in [2.24, 2.45) is 5.73 Å². The summed E-state index contributed by atoms with van der Waals surface area (Å²) in [5.41, 5.74) is 12.3. The molecular weight excluding hydrogens is 270 g/mol. The van der Waals surface area contributed by atoms with Crippen LogP contribution in [0.25, 0.3) is 5.57 Å². The quantitative estimate of drug-likeness (QED) is 0.753. The molecule has 0 aliphatic carbocycles. The second-order valence-electron chi connectivity index (χ2n) is 5.09. The number of carbonyl (C=O) groups excluding carboxylic acids is 1. The summed E-state index contributed by atoms with van der Waals surface area (Å²) in [7, 11) is 3.58. The van der Waals surface area contributed by atoms with Crippen LogP contribution in [0.1, 0.15) is 5.56 Å². The summed E-state index contributed by atoms with van der Waals surface area (Å²) in [6.45, 7) is 7.17. The Kier molecular flexibility index (Phi) is 4.32. The molecule has 4 N–H and O–H groups in total.